The van der Waals surface area contributed by atoms with E-state index in [-0.39, 0.29) is 36.0 Å². The second-order valence-electron chi connectivity index (χ2n) is 7.57. The van der Waals surface area contributed by atoms with Crippen molar-refractivity contribution in [3.05, 3.63) is 29.3 Å². The molecule has 0 bridgehead atoms. The summed E-state index contributed by atoms with van der Waals surface area (Å²) in [6.45, 7) is 9.14. The van der Waals surface area contributed by atoms with Crippen molar-refractivity contribution in [3.63, 3.8) is 0 Å². The SMILES string of the molecule is CN=C(NCC(C)Oc1cccc(Cl)c1)N1CCN(CC(=O)N2CCOCC2)CC1.I. The average Bonchev–Trinajstić information content (AvgIpc) is 2.76. The first-order valence-electron chi connectivity index (χ1n) is 10.5. The van der Waals surface area contributed by atoms with Crippen LogP contribution in [0.15, 0.2) is 29.3 Å². The fraction of sp³-hybridized carbons (Fsp3) is 0.619. The van der Waals surface area contributed by atoms with Gasteiger partial charge in [-0.3, -0.25) is 14.7 Å². The molecule has 3 rings (SSSR count). The van der Waals surface area contributed by atoms with Gasteiger partial charge in [0.05, 0.1) is 26.3 Å². The number of amides is 1. The van der Waals surface area contributed by atoms with E-state index in [4.69, 9.17) is 21.1 Å². The minimum Gasteiger partial charge on any atom is -0.489 e. The lowest BCUT2D eigenvalue weighted by Crippen LogP contribution is -2.55. The van der Waals surface area contributed by atoms with E-state index in [2.05, 4.69) is 20.1 Å². The summed E-state index contributed by atoms with van der Waals surface area (Å²) in [6, 6.07) is 7.41. The van der Waals surface area contributed by atoms with Gasteiger partial charge in [0, 0.05) is 51.3 Å². The maximum absolute atomic E-state index is 12.4. The number of benzene rings is 1. The van der Waals surface area contributed by atoms with E-state index in [1.807, 2.05) is 36.1 Å². The van der Waals surface area contributed by atoms with E-state index in [1.165, 1.54) is 0 Å². The molecule has 31 heavy (non-hydrogen) atoms. The quantitative estimate of drug-likeness (QED) is 0.322. The zero-order valence-electron chi connectivity index (χ0n) is 18.3. The maximum atomic E-state index is 12.4. The molecule has 2 saturated heterocycles. The fourth-order valence-corrected chi connectivity index (χ4v) is 3.78. The van der Waals surface area contributed by atoms with Crippen LogP contribution in [0.3, 0.4) is 0 Å². The molecule has 2 aliphatic heterocycles. The van der Waals surface area contributed by atoms with Gasteiger partial charge < -0.3 is 24.6 Å². The van der Waals surface area contributed by atoms with Gasteiger partial charge in [-0.05, 0) is 25.1 Å². The summed E-state index contributed by atoms with van der Waals surface area (Å²) in [5.74, 6) is 1.81. The third kappa shape index (κ3) is 8.28. The van der Waals surface area contributed by atoms with Crippen LogP contribution in [0.4, 0.5) is 0 Å². The third-order valence-corrected chi connectivity index (χ3v) is 5.52. The molecule has 0 spiro atoms. The lowest BCUT2D eigenvalue weighted by atomic mass is 10.3. The Kier molecular flexibility index (Phi) is 11.1. The number of aliphatic imine (C=N–C) groups is 1. The number of guanidine groups is 1. The molecule has 0 saturated carbocycles. The molecule has 1 aromatic rings. The highest BCUT2D eigenvalue weighted by Gasteiger charge is 2.24. The lowest BCUT2D eigenvalue weighted by Gasteiger charge is -2.37. The number of nitrogens with one attached hydrogen (secondary N) is 1. The van der Waals surface area contributed by atoms with Gasteiger partial charge >= 0.3 is 0 Å². The first kappa shape index (κ1) is 26.0. The number of morpholine rings is 1. The molecule has 1 unspecified atom stereocenters. The Morgan fingerprint density at radius 2 is 1.90 bits per heavy atom. The molecule has 2 aliphatic rings. The van der Waals surface area contributed by atoms with E-state index in [9.17, 15) is 4.79 Å². The van der Waals surface area contributed by atoms with Crippen LogP contribution in [0.5, 0.6) is 5.75 Å². The van der Waals surface area contributed by atoms with E-state index < -0.39 is 0 Å². The van der Waals surface area contributed by atoms with Gasteiger partial charge in [-0.15, -0.1) is 24.0 Å². The van der Waals surface area contributed by atoms with E-state index in [0.717, 1.165) is 37.9 Å². The maximum Gasteiger partial charge on any atom is 0.236 e. The van der Waals surface area contributed by atoms with Gasteiger partial charge in [-0.1, -0.05) is 17.7 Å². The molecule has 1 amide bonds. The number of carbonyl (C=O) groups excluding carboxylic acids is 1. The highest BCUT2D eigenvalue weighted by molar-refractivity contribution is 14.0. The zero-order chi connectivity index (χ0) is 21.3. The van der Waals surface area contributed by atoms with Crippen LogP contribution in [0, 0.1) is 0 Å². The van der Waals surface area contributed by atoms with Gasteiger partial charge in [0.1, 0.15) is 11.9 Å². The van der Waals surface area contributed by atoms with Gasteiger partial charge in [0.25, 0.3) is 0 Å². The molecule has 8 nitrogen and oxygen atoms in total. The number of hydrogen-bond donors (Lipinski definition) is 1. The number of rotatable bonds is 6. The molecule has 2 heterocycles. The smallest absolute Gasteiger partial charge is 0.236 e. The summed E-state index contributed by atoms with van der Waals surface area (Å²) in [4.78, 5) is 23.2. The largest absolute Gasteiger partial charge is 0.489 e. The minimum atomic E-state index is -0.0346. The van der Waals surface area contributed by atoms with Crippen LogP contribution in [-0.4, -0.2) is 105 Å². The number of halogens is 2. The fourth-order valence-electron chi connectivity index (χ4n) is 3.60. The van der Waals surface area contributed by atoms with Crippen molar-refractivity contribution in [1.82, 2.24) is 20.0 Å². The third-order valence-electron chi connectivity index (χ3n) is 5.29. The topological polar surface area (TPSA) is 69.6 Å². The minimum absolute atomic E-state index is 0. The Bertz CT molecular complexity index is 725. The summed E-state index contributed by atoms with van der Waals surface area (Å²) in [5.41, 5.74) is 0. The van der Waals surface area contributed by atoms with Crippen molar-refractivity contribution in [3.8, 4) is 5.75 Å². The molecule has 2 fully saturated rings. The molecule has 1 N–H and O–H groups in total. The Hall–Kier alpha value is -1.30. The van der Waals surface area contributed by atoms with Crippen molar-refractivity contribution in [2.45, 2.75) is 13.0 Å². The normalized spacial score (nSPS) is 18.9. The van der Waals surface area contributed by atoms with Gasteiger partial charge in [-0.25, -0.2) is 0 Å². The molecule has 1 atom stereocenters. The Labute approximate surface area is 206 Å². The van der Waals surface area contributed by atoms with Crippen LogP contribution in [-0.2, 0) is 9.53 Å². The van der Waals surface area contributed by atoms with Gasteiger partial charge in [0.15, 0.2) is 5.96 Å². The highest BCUT2D eigenvalue weighted by Crippen LogP contribution is 2.18. The number of carbonyl (C=O) groups is 1. The lowest BCUT2D eigenvalue weighted by molar-refractivity contribution is -0.136. The second kappa shape index (κ2) is 13.3. The highest BCUT2D eigenvalue weighted by atomic mass is 127. The molecule has 0 aliphatic carbocycles. The Morgan fingerprint density at radius 1 is 1.19 bits per heavy atom. The standard InChI is InChI=1S/C21H32ClN5O3.HI/c1-17(30-19-5-3-4-18(22)14-19)15-24-21(23-2)27-8-6-25(7-9-27)16-20(28)26-10-12-29-13-11-26;/h3-5,14,17H,6-13,15-16H2,1-2H3,(H,23,24);1H. The summed E-state index contributed by atoms with van der Waals surface area (Å²) >= 11 is 6.01. The van der Waals surface area contributed by atoms with Crippen molar-refractivity contribution < 1.29 is 14.3 Å². The molecule has 10 heteroatoms. The van der Waals surface area contributed by atoms with E-state index >= 15 is 0 Å². The summed E-state index contributed by atoms with van der Waals surface area (Å²) in [5, 5.41) is 4.05. The summed E-state index contributed by atoms with van der Waals surface area (Å²) < 4.78 is 11.2. The van der Waals surface area contributed by atoms with Crippen LogP contribution in [0.1, 0.15) is 6.92 Å². The van der Waals surface area contributed by atoms with Crippen LogP contribution in [0.25, 0.3) is 0 Å². The molecule has 0 aromatic heterocycles. The summed E-state index contributed by atoms with van der Waals surface area (Å²) in [7, 11) is 1.79. The zero-order valence-corrected chi connectivity index (χ0v) is 21.3. The van der Waals surface area contributed by atoms with E-state index in [1.54, 1.807) is 7.05 Å². The molecule has 174 valence electrons. The number of ether oxygens (including phenoxy) is 2. The Morgan fingerprint density at radius 3 is 2.55 bits per heavy atom. The van der Waals surface area contributed by atoms with Crippen molar-refractivity contribution in [2.24, 2.45) is 4.99 Å². The first-order chi connectivity index (χ1) is 14.5. The Balaban J connectivity index is 0.00000341. The predicted molar refractivity (Wildman–Crippen MR) is 134 cm³/mol. The van der Waals surface area contributed by atoms with Gasteiger partial charge in [-0.2, -0.15) is 0 Å². The number of hydrogen-bond acceptors (Lipinski definition) is 5. The van der Waals surface area contributed by atoms with Crippen molar-refractivity contribution >= 4 is 47.4 Å². The van der Waals surface area contributed by atoms with Crippen LogP contribution < -0.4 is 10.1 Å². The number of piperazine rings is 1. The number of nitrogens with zero attached hydrogens (tertiary/aromatic N) is 4. The monoisotopic (exact) mass is 565 g/mol. The molecule has 1 aromatic carbocycles. The second-order valence-corrected chi connectivity index (χ2v) is 8.01. The first-order valence-corrected chi connectivity index (χ1v) is 10.9. The molecular weight excluding hydrogens is 533 g/mol. The molecule has 0 radical (unpaired) electrons. The van der Waals surface area contributed by atoms with Crippen molar-refractivity contribution in [2.75, 3.05) is 72.6 Å². The van der Waals surface area contributed by atoms with Gasteiger partial charge in [0.2, 0.25) is 5.91 Å². The van der Waals surface area contributed by atoms with Crippen LogP contribution in [0.2, 0.25) is 5.02 Å². The molecular formula is C21H33ClIN5O3. The predicted octanol–water partition coefficient (Wildman–Crippen LogP) is 1.78. The van der Waals surface area contributed by atoms with Crippen molar-refractivity contribution in [1.29, 1.82) is 0 Å². The van der Waals surface area contributed by atoms with E-state index in [0.29, 0.717) is 44.4 Å². The summed E-state index contributed by atoms with van der Waals surface area (Å²) in [6.07, 6.45) is -0.0346. The van der Waals surface area contributed by atoms with Crippen LogP contribution >= 0.6 is 35.6 Å². The average molecular weight is 566 g/mol.